The molecule has 3 rings (SSSR count). The van der Waals surface area contributed by atoms with Crippen LogP contribution in [0.5, 0.6) is 17.2 Å². The molecule has 0 amide bonds. The van der Waals surface area contributed by atoms with Gasteiger partial charge in [-0.3, -0.25) is 14.6 Å². The van der Waals surface area contributed by atoms with E-state index in [9.17, 15) is 4.79 Å². The highest BCUT2D eigenvalue weighted by Gasteiger charge is 2.22. The Morgan fingerprint density at radius 1 is 0.737 bits per heavy atom. The molecule has 2 aromatic carbocycles. The standard InChI is InChI=1S/C31H46N2O5/c1-36-28-18-17-27(25-33-21-19-32(20-22-33)24-26-14-10-9-11-15-26)30(31(28)37-2)38-23-13-8-6-4-3-5-7-12-16-29(34)35/h9-11,14-15,17-18H,3-8,12-13,16,19-25H2,1-2H3,(H,34,35). The molecule has 7 nitrogen and oxygen atoms in total. The van der Waals surface area contributed by atoms with Gasteiger partial charge in [0, 0.05) is 51.3 Å². The number of methoxy groups -OCH3 is 2. The van der Waals surface area contributed by atoms with Gasteiger partial charge in [-0.25, -0.2) is 0 Å². The Morgan fingerprint density at radius 3 is 1.95 bits per heavy atom. The van der Waals surface area contributed by atoms with Crippen LogP contribution >= 0.6 is 0 Å². The van der Waals surface area contributed by atoms with Crippen LogP contribution in [0.25, 0.3) is 0 Å². The van der Waals surface area contributed by atoms with E-state index in [1.807, 2.05) is 6.07 Å². The van der Waals surface area contributed by atoms with E-state index in [0.29, 0.717) is 18.1 Å². The van der Waals surface area contributed by atoms with E-state index in [-0.39, 0.29) is 6.42 Å². The number of unbranched alkanes of at least 4 members (excludes halogenated alkanes) is 7. The summed E-state index contributed by atoms with van der Waals surface area (Å²) in [6, 6.07) is 14.8. The minimum absolute atomic E-state index is 0.289. The molecule has 210 valence electrons. The summed E-state index contributed by atoms with van der Waals surface area (Å²) in [6.45, 7) is 6.64. The van der Waals surface area contributed by atoms with Crippen molar-refractivity contribution in [2.75, 3.05) is 47.0 Å². The lowest BCUT2D eigenvalue weighted by atomic mass is 10.1. The first kappa shape index (κ1) is 29.8. The van der Waals surface area contributed by atoms with Gasteiger partial charge in [0.25, 0.3) is 0 Å². The molecule has 1 aliphatic rings. The van der Waals surface area contributed by atoms with Crippen LogP contribution in [0.3, 0.4) is 0 Å². The molecule has 1 saturated heterocycles. The maximum Gasteiger partial charge on any atom is 0.303 e. The number of piperazine rings is 1. The number of hydrogen-bond acceptors (Lipinski definition) is 6. The Balaban J connectivity index is 1.43. The molecule has 1 aliphatic heterocycles. The predicted octanol–water partition coefficient (Wildman–Crippen LogP) is 6.00. The number of carbonyl (C=O) groups is 1. The van der Waals surface area contributed by atoms with Crippen LogP contribution < -0.4 is 14.2 Å². The van der Waals surface area contributed by atoms with Crippen LogP contribution in [0.15, 0.2) is 42.5 Å². The van der Waals surface area contributed by atoms with Gasteiger partial charge in [-0.15, -0.1) is 0 Å². The van der Waals surface area contributed by atoms with Crippen molar-refractivity contribution in [3.8, 4) is 17.2 Å². The van der Waals surface area contributed by atoms with E-state index < -0.39 is 5.97 Å². The minimum atomic E-state index is -0.692. The largest absolute Gasteiger partial charge is 0.493 e. The molecule has 0 unspecified atom stereocenters. The maximum absolute atomic E-state index is 10.6. The molecular weight excluding hydrogens is 480 g/mol. The van der Waals surface area contributed by atoms with E-state index in [1.165, 1.54) is 24.8 Å². The smallest absolute Gasteiger partial charge is 0.303 e. The van der Waals surface area contributed by atoms with Gasteiger partial charge in [-0.1, -0.05) is 74.9 Å². The van der Waals surface area contributed by atoms with E-state index in [4.69, 9.17) is 19.3 Å². The van der Waals surface area contributed by atoms with Crippen molar-refractivity contribution in [3.63, 3.8) is 0 Å². The Hall–Kier alpha value is -2.77. The van der Waals surface area contributed by atoms with Gasteiger partial charge < -0.3 is 19.3 Å². The maximum atomic E-state index is 10.6. The monoisotopic (exact) mass is 526 g/mol. The van der Waals surface area contributed by atoms with E-state index in [0.717, 1.165) is 82.7 Å². The summed E-state index contributed by atoms with van der Waals surface area (Å²) in [7, 11) is 3.34. The van der Waals surface area contributed by atoms with Crippen LogP contribution in [-0.2, 0) is 17.9 Å². The fraction of sp³-hybridized carbons (Fsp3) is 0.581. The normalized spacial score (nSPS) is 14.4. The van der Waals surface area contributed by atoms with Crippen molar-refractivity contribution in [1.82, 2.24) is 9.80 Å². The fourth-order valence-electron chi connectivity index (χ4n) is 5.02. The average molecular weight is 527 g/mol. The number of ether oxygens (including phenoxy) is 3. The molecule has 0 saturated carbocycles. The molecule has 7 heteroatoms. The van der Waals surface area contributed by atoms with Crippen molar-refractivity contribution in [2.45, 2.75) is 70.9 Å². The lowest BCUT2D eigenvalue weighted by Gasteiger charge is -2.35. The van der Waals surface area contributed by atoms with Gasteiger partial charge in [0.05, 0.1) is 20.8 Å². The molecule has 0 aliphatic carbocycles. The molecule has 0 atom stereocenters. The minimum Gasteiger partial charge on any atom is -0.493 e. The van der Waals surface area contributed by atoms with Gasteiger partial charge in [0.2, 0.25) is 5.75 Å². The molecule has 2 aromatic rings. The molecule has 0 spiro atoms. The van der Waals surface area contributed by atoms with Crippen LogP contribution in [0, 0.1) is 0 Å². The second-order valence-corrected chi connectivity index (χ2v) is 10.1. The topological polar surface area (TPSA) is 71.5 Å². The van der Waals surface area contributed by atoms with Gasteiger partial charge in [0.15, 0.2) is 11.5 Å². The van der Waals surface area contributed by atoms with Gasteiger partial charge in [-0.2, -0.15) is 0 Å². The summed E-state index contributed by atoms with van der Waals surface area (Å²) in [4.78, 5) is 15.6. The van der Waals surface area contributed by atoms with Crippen molar-refractivity contribution in [1.29, 1.82) is 0 Å². The van der Waals surface area contributed by atoms with Crippen molar-refractivity contribution in [2.24, 2.45) is 0 Å². The van der Waals surface area contributed by atoms with Crippen molar-refractivity contribution >= 4 is 5.97 Å². The highest BCUT2D eigenvalue weighted by Crippen LogP contribution is 2.40. The highest BCUT2D eigenvalue weighted by atomic mass is 16.5. The first-order valence-corrected chi connectivity index (χ1v) is 14.2. The molecular formula is C31H46N2O5. The molecule has 0 aromatic heterocycles. The van der Waals surface area contributed by atoms with Crippen LogP contribution in [-0.4, -0.2) is 67.9 Å². The zero-order valence-electron chi connectivity index (χ0n) is 23.3. The number of hydrogen-bond donors (Lipinski definition) is 1. The Kier molecular flexibility index (Phi) is 13.3. The molecule has 0 radical (unpaired) electrons. The summed E-state index contributed by atoms with van der Waals surface area (Å²) < 4.78 is 17.6. The molecule has 1 fully saturated rings. The highest BCUT2D eigenvalue weighted by molar-refractivity contribution is 5.66. The first-order valence-electron chi connectivity index (χ1n) is 14.2. The summed E-state index contributed by atoms with van der Waals surface area (Å²) in [6.07, 6.45) is 8.87. The third-order valence-corrected chi connectivity index (χ3v) is 7.22. The number of rotatable bonds is 18. The van der Waals surface area contributed by atoms with Crippen LogP contribution in [0.4, 0.5) is 0 Å². The number of carboxylic acids is 1. The molecule has 38 heavy (non-hydrogen) atoms. The van der Waals surface area contributed by atoms with Crippen LogP contribution in [0.2, 0.25) is 0 Å². The predicted molar refractivity (Wildman–Crippen MR) is 151 cm³/mol. The third kappa shape index (κ3) is 10.2. The van der Waals surface area contributed by atoms with Crippen molar-refractivity contribution in [3.05, 3.63) is 53.6 Å². The summed E-state index contributed by atoms with van der Waals surface area (Å²) in [5.74, 6) is 1.48. The van der Waals surface area contributed by atoms with Crippen LogP contribution in [0.1, 0.15) is 68.9 Å². The van der Waals surface area contributed by atoms with Gasteiger partial charge in [0.1, 0.15) is 0 Å². The quantitative estimate of drug-likeness (QED) is 0.239. The van der Waals surface area contributed by atoms with E-state index in [2.05, 4.69) is 46.2 Å². The second-order valence-electron chi connectivity index (χ2n) is 10.1. The SMILES string of the molecule is COc1ccc(CN2CCN(Cc3ccccc3)CC2)c(OCCCCCCCCCCC(=O)O)c1OC. The summed E-state index contributed by atoms with van der Waals surface area (Å²) >= 11 is 0. The fourth-order valence-corrected chi connectivity index (χ4v) is 5.02. The van der Waals surface area contributed by atoms with Gasteiger partial charge >= 0.3 is 5.97 Å². The Morgan fingerprint density at radius 2 is 1.34 bits per heavy atom. The number of benzene rings is 2. The third-order valence-electron chi connectivity index (χ3n) is 7.22. The van der Waals surface area contributed by atoms with Crippen molar-refractivity contribution < 1.29 is 24.1 Å². The molecule has 1 N–H and O–H groups in total. The van der Waals surface area contributed by atoms with E-state index >= 15 is 0 Å². The number of aliphatic carboxylic acids is 1. The Labute approximate surface area is 228 Å². The zero-order valence-corrected chi connectivity index (χ0v) is 23.3. The van der Waals surface area contributed by atoms with Gasteiger partial charge in [-0.05, 0) is 24.5 Å². The lowest BCUT2D eigenvalue weighted by molar-refractivity contribution is -0.137. The summed E-state index contributed by atoms with van der Waals surface area (Å²) in [5, 5.41) is 8.70. The molecule has 1 heterocycles. The lowest BCUT2D eigenvalue weighted by Crippen LogP contribution is -2.45. The first-order chi connectivity index (χ1) is 18.6. The Bertz CT molecular complexity index is 945. The number of nitrogens with zero attached hydrogens (tertiary/aromatic N) is 2. The summed E-state index contributed by atoms with van der Waals surface area (Å²) in [5.41, 5.74) is 2.51. The molecule has 0 bridgehead atoms. The number of carboxylic acid groups (broad SMARTS) is 1. The zero-order chi connectivity index (χ0) is 27.0. The second kappa shape index (κ2) is 16.9. The van der Waals surface area contributed by atoms with E-state index in [1.54, 1.807) is 14.2 Å². The average Bonchev–Trinajstić information content (AvgIpc) is 2.93.